The van der Waals surface area contributed by atoms with Crippen molar-refractivity contribution in [1.29, 1.82) is 0 Å². The van der Waals surface area contributed by atoms with Crippen LogP contribution in [0.15, 0.2) is 42.5 Å². The first-order valence-electron chi connectivity index (χ1n) is 8.00. The third kappa shape index (κ3) is 6.94. The van der Waals surface area contributed by atoms with Crippen molar-refractivity contribution in [2.45, 2.75) is 13.3 Å². The number of carbonyl (C=O) groups excluding carboxylic acids is 2. The molecule has 2 rings (SSSR count). The maximum atomic E-state index is 11.7. The Kier molecular flexibility index (Phi) is 7.75. The van der Waals surface area contributed by atoms with Gasteiger partial charge in [-0.25, -0.2) is 4.79 Å². The van der Waals surface area contributed by atoms with E-state index in [0.717, 1.165) is 11.1 Å². The van der Waals surface area contributed by atoms with Crippen LogP contribution < -0.4 is 10.1 Å². The van der Waals surface area contributed by atoms with Crippen LogP contribution in [0.1, 0.15) is 11.1 Å². The summed E-state index contributed by atoms with van der Waals surface area (Å²) in [5.41, 5.74) is 1.90. The number of ether oxygens (including phenoxy) is 2. The normalized spacial score (nSPS) is 10.3. The van der Waals surface area contributed by atoms with Crippen LogP contribution in [0.5, 0.6) is 5.75 Å². The summed E-state index contributed by atoms with van der Waals surface area (Å²) in [4.78, 5) is 23.3. The summed E-state index contributed by atoms with van der Waals surface area (Å²) in [6, 6.07) is 12.4. The molecule has 0 radical (unpaired) electrons. The number of carbonyl (C=O) groups is 2. The van der Waals surface area contributed by atoms with Gasteiger partial charge in [-0.1, -0.05) is 35.3 Å². The molecule has 0 saturated carbocycles. The Morgan fingerprint density at radius 3 is 2.46 bits per heavy atom. The summed E-state index contributed by atoms with van der Waals surface area (Å²) >= 11 is 11.7. The first-order chi connectivity index (χ1) is 12.4. The van der Waals surface area contributed by atoms with Crippen molar-refractivity contribution in [1.82, 2.24) is 5.32 Å². The third-order valence-electron chi connectivity index (χ3n) is 3.50. The van der Waals surface area contributed by atoms with Gasteiger partial charge in [0.15, 0.2) is 13.2 Å². The lowest BCUT2D eigenvalue weighted by atomic mass is 10.1. The number of benzene rings is 2. The lowest BCUT2D eigenvalue weighted by Gasteiger charge is -2.09. The van der Waals surface area contributed by atoms with Crippen molar-refractivity contribution < 1.29 is 19.1 Å². The molecule has 0 aliphatic carbocycles. The predicted octanol–water partition coefficient (Wildman–Crippen LogP) is 3.58. The van der Waals surface area contributed by atoms with E-state index in [1.807, 2.05) is 19.1 Å². The molecule has 0 heterocycles. The highest BCUT2D eigenvalue weighted by Gasteiger charge is 2.09. The van der Waals surface area contributed by atoms with Crippen molar-refractivity contribution in [3.8, 4) is 5.75 Å². The van der Waals surface area contributed by atoms with E-state index in [9.17, 15) is 9.59 Å². The highest BCUT2D eigenvalue weighted by molar-refractivity contribution is 6.31. The van der Waals surface area contributed by atoms with E-state index in [1.54, 1.807) is 30.3 Å². The van der Waals surface area contributed by atoms with Crippen molar-refractivity contribution in [3.05, 3.63) is 63.6 Å². The smallest absolute Gasteiger partial charge is 0.344 e. The Balaban J connectivity index is 1.62. The fourth-order valence-corrected chi connectivity index (χ4v) is 2.33. The molecule has 0 unspecified atom stereocenters. The Morgan fingerprint density at radius 1 is 1.04 bits per heavy atom. The van der Waals surface area contributed by atoms with Gasteiger partial charge in [0.05, 0.1) is 0 Å². The van der Waals surface area contributed by atoms with Crippen molar-refractivity contribution in [2.75, 3.05) is 19.8 Å². The molecule has 7 heteroatoms. The fraction of sp³-hybridized carbons (Fsp3) is 0.263. The van der Waals surface area contributed by atoms with E-state index in [0.29, 0.717) is 28.8 Å². The maximum absolute atomic E-state index is 11.7. The minimum atomic E-state index is -0.620. The molecule has 0 fully saturated rings. The van der Waals surface area contributed by atoms with Crippen LogP contribution in [0, 0.1) is 6.92 Å². The summed E-state index contributed by atoms with van der Waals surface area (Å²) in [6.45, 7) is 1.65. The summed E-state index contributed by atoms with van der Waals surface area (Å²) in [7, 11) is 0. The van der Waals surface area contributed by atoms with E-state index < -0.39 is 5.97 Å². The summed E-state index contributed by atoms with van der Waals surface area (Å²) in [5.74, 6) is -0.476. The molecule has 26 heavy (non-hydrogen) atoms. The lowest BCUT2D eigenvalue weighted by molar-refractivity contribution is -0.150. The summed E-state index contributed by atoms with van der Waals surface area (Å²) in [6.07, 6.45) is 0.663. The Hall–Kier alpha value is -2.24. The molecule has 0 atom stereocenters. The van der Waals surface area contributed by atoms with Gasteiger partial charge in [0, 0.05) is 16.6 Å². The zero-order chi connectivity index (χ0) is 18.9. The molecule has 1 amide bonds. The minimum Gasteiger partial charge on any atom is -0.482 e. The van der Waals surface area contributed by atoms with Crippen molar-refractivity contribution >= 4 is 35.1 Å². The molecule has 0 spiro atoms. The number of hydrogen-bond donors (Lipinski definition) is 1. The molecule has 2 aromatic carbocycles. The second kappa shape index (κ2) is 10.0. The van der Waals surface area contributed by atoms with E-state index in [2.05, 4.69) is 5.32 Å². The highest BCUT2D eigenvalue weighted by atomic mass is 35.5. The maximum Gasteiger partial charge on any atom is 0.344 e. The number of esters is 1. The van der Waals surface area contributed by atoms with Crippen LogP contribution in [0.25, 0.3) is 0 Å². The fourth-order valence-electron chi connectivity index (χ4n) is 2.09. The van der Waals surface area contributed by atoms with Crippen LogP contribution in [-0.2, 0) is 20.7 Å². The standard InChI is InChI=1S/C19H19Cl2NO4/c1-13-10-16(6-7-17(13)21)25-12-19(24)26-11-18(23)22-9-8-14-2-4-15(20)5-3-14/h2-7,10H,8-9,11-12H2,1H3,(H,22,23). The van der Waals surface area contributed by atoms with Gasteiger partial charge in [-0.3, -0.25) is 4.79 Å². The molecule has 0 aliphatic heterocycles. The van der Waals surface area contributed by atoms with Crippen LogP contribution in [0.2, 0.25) is 10.0 Å². The Morgan fingerprint density at radius 2 is 1.77 bits per heavy atom. The van der Waals surface area contributed by atoms with Gasteiger partial charge in [0.1, 0.15) is 5.75 Å². The zero-order valence-corrected chi connectivity index (χ0v) is 15.8. The van der Waals surface area contributed by atoms with E-state index in [1.165, 1.54) is 0 Å². The molecule has 0 aliphatic rings. The number of aryl methyl sites for hydroxylation is 1. The van der Waals surface area contributed by atoms with Crippen LogP contribution in [-0.4, -0.2) is 31.6 Å². The molecule has 1 N–H and O–H groups in total. The number of halogens is 2. The van der Waals surface area contributed by atoms with Crippen LogP contribution in [0.4, 0.5) is 0 Å². The first kappa shape index (κ1) is 20.1. The number of amides is 1. The molecular formula is C19H19Cl2NO4. The van der Waals surface area contributed by atoms with Gasteiger partial charge < -0.3 is 14.8 Å². The molecule has 138 valence electrons. The van der Waals surface area contributed by atoms with Crippen LogP contribution in [0.3, 0.4) is 0 Å². The largest absolute Gasteiger partial charge is 0.482 e. The van der Waals surface area contributed by atoms with E-state index in [-0.39, 0.29) is 19.1 Å². The average Bonchev–Trinajstić information content (AvgIpc) is 2.62. The van der Waals surface area contributed by atoms with Crippen molar-refractivity contribution in [3.63, 3.8) is 0 Å². The minimum absolute atomic E-state index is 0.279. The lowest BCUT2D eigenvalue weighted by Crippen LogP contribution is -2.31. The topological polar surface area (TPSA) is 64.6 Å². The number of hydrogen-bond acceptors (Lipinski definition) is 4. The predicted molar refractivity (Wildman–Crippen MR) is 101 cm³/mol. The van der Waals surface area contributed by atoms with Crippen molar-refractivity contribution in [2.24, 2.45) is 0 Å². The Bertz CT molecular complexity index is 763. The van der Waals surface area contributed by atoms with E-state index in [4.69, 9.17) is 32.7 Å². The second-order valence-corrected chi connectivity index (χ2v) is 6.43. The number of rotatable bonds is 8. The highest BCUT2D eigenvalue weighted by Crippen LogP contribution is 2.20. The van der Waals surface area contributed by atoms with Gasteiger partial charge in [-0.2, -0.15) is 0 Å². The first-order valence-corrected chi connectivity index (χ1v) is 8.75. The Labute approximate surface area is 162 Å². The SMILES string of the molecule is Cc1cc(OCC(=O)OCC(=O)NCCc2ccc(Cl)cc2)ccc1Cl. The third-order valence-corrected chi connectivity index (χ3v) is 4.18. The zero-order valence-electron chi connectivity index (χ0n) is 14.3. The van der Waals surface area contributed by atoms with Gasteiger partial charge in [0.2, 0.25) is 0 Å². The summed E-state index contributed by atoms with van der Waals surface area (Å²) < 4.78 is 10.2. The van der Waals surface area contributed by atoms with Gasteiger partial charge in [-0.05, 0) is 54.8 Å². The van der Waals surface area contributed by atoms with Gasteiger partial charge in [0.25, 0.3) is 5.91 Å². The number of nitrogens with one attached hydrogen (secondary N) is 1. The quantitative estimate of drug-likeness (QED) is 0.693. The molecule has 0 saturated heterocycles. The molecule has 0 bridgehead atoms. The molecular weight excluding hydrogens is 377 g/mol. The average molecular weight is 396 g/mol. The van der Waals surface area contributed by atoms with E-state index >= 15 is 0 Å². The molecule has 0 aromatic heterocycles. The molecule has 5 nitrogen and oxygen atoms in total. The molecule has 2 aromatic rings. The van der Waals surface area contributed by atoms with Gasteiger partial charge in [-0.15, -0.1) is 0 Å². The van der Waals surface area contributed by atoms with Crippen LogP contribution >= 0.6 is 23.2 Å². The monoisotopic (exact) mass is 395 g/mol. The summed E-state index contributed by atoms with van der Waals surface area (Å²) in [5, 5.41) is 3.97. The van der Waals surface area contributed by atoms with Gasteiger partial charge >= 0.3 is 5.97 Å². The second-order valence-electron chi connectivity index (χ2n) is 5.59.